The van der Waals surface area contributed by atoms with E-state index in [1.165, 1.54) is 0 Å². The molecule has 0 radical (unpaired) electrons. The Kier molecular flexibility index (Phi) is 4.96. The number of rotatable bonds is 3. The van der Waals surface area contributed by atoms with Gasteiger partial charge in [-0.05, 0) is 54.3 Å². The molecule has 0 fully saturated rings. The summed E-state index contributed by atoms with van der Waals surface area (Å²) in [5, 5.41) is 14.9. The summed E-state index contributed by atoms with van der Waals surface area (Å²) in [5.74, 6) is -0.282. The van der Waals surface area contributed by atoms with E-state index >= 15 is 0 Å². The van der Waals surface area contributed by atoms with Crippen molar-refractivity contribution in [2.24, 2.45) is 0 Å². The van der Waals surface area contributed by atoms with Crippen molar-refractivity contribution in [2.45, 2.75) is 6.92 Å². The van der Waals surface area contributed by atoms with E-state index in [0.29, 0.717) is 21.8 Å². The summed E-state index contributed by atoms with van der Waals surface area (Å²) in [6.45, 7) is 1.93. The molecule has 152 valence electrons. The van der Waals surface area contributed by atoms with Crippen LogP contribution >= 0.6 is 27.5 Å². The number of anilines is 1. The van der Waals surface area contributed by atoms with Gasteiger partial charge in [-0.1, -0.05) is 63.9 Å². The Morgan fingerprint density at radius 2 is 1.71 bits per heavy atom. The molecule has 0 aliphatic carbocycles. The summed E-state index contributed by atoms with van der Waals surface area (Å²) in [6, 6.07) is 23.1. The smallest absolute Gasteiger partial charge is 0.257 e. The molecule has 5 nitrogen and oxygen atoms in total. The Morgan fingerprint density at radius 1 is 0.968 bits per heavy atom. The molecule has 5 rings (SSSR count). The van der Waals surface area contributed by atoms with Crippen LogP contribution in [0.1, 0.15) is 15.9 Å². The van der Waals surface area contributed by atoms with Crippen LogP contribution in [0.4, 0.5) is 5.69 Å². The Morgan fingerprint density at radius 3 is 2.55 bits per heavy atom. The minimum Gasteiger partial charge on any atom is -0.322 e. The van der Waals surface area contributed by atoms with Gasteiger partial charge >= 0.3 is 0 Å². The van der Waals surface area contributed by atoms with Crippen LogP contribution in [-0.4, -0.2) is 20.9 Å². The summed E-state index contributed by atoms with van der Waals surface area (Å²) in [7, 11) is 0. The molecule has 4 aromatic carbocycles. The first kappa shape index (κ1) is 19.7. The second-order valence-corrected chi connectivity index (χ2v) is 8.54. The lowest BCUT2D eigenvalue weighted by Gasteiger charge is -2.09. The zero-order valence-electron chi connectivity index (χ0n) is 16.4. The average molecular weight is 492 g/mol. The van der Waals surface area contributed by atoms with Gasteiger partial charge in [-0.3, -0.25) is 4.79 Å². The zero-order valence-corrected chi connectivity index (χ0v) is 18.8. The van der Waals surface area contributed by atoms with E-state index < -0.39 is 0 Å². The molecule has 0 spiro atoms. The highest BCUT2D eigenvalue weighted by Gasteiger charge is 2.15. The van der Waals surface area contributed by atoms with E-state index in [4.69, 9.17) is 11.6 Å². The van der Waals surface area contributed by atoms with Crippen molar-refractivity contribution in [3.63, 3.8) is 0 Å². The van der Waals surface area contributed by atoms with Crippen LogP contribution in [0.5, 0.6) is 0 Å². The first-order valence-electron chi connectivity index (χ1n) is 9.62. The molecule has 0 atom stereocenters. The van der Waals surface area contributed by atoms with Crippen LogP contribution in [0.3, 0.4) is 0 Å². The topological polar surface area (TPSA) is 59.8 Å². The molecule has 0 bridgehead atoms. The van der Waals surface area contributed by atoms with E-state index in [1.807, 2.05) is 43.3 Å². The molecule has 7 heteroatoms. The Balaban J connectivity index is 1.54. The van der Waals surface area contributed by atoms with E-state index in [1.54, 1.807) is 23.0 Å². The van der Waals surface area contributed by atoms with Crippen LogP contribution in [0.15, 0.2) is 77.3 Å². The molecule has 1 aromatic heterocycles. The largest absolute Gasteiger partial charge is 0.322 e. The summed E-state index contributed by atoms with van der Waals surface area (Å²) in [6.07, 6.45) is 0. The third-order valence-electron chi connectivity index (χ3n) is 5.13. The molecule has 1 N–H and O–H groups in total. The number of fused-ring (bicyclic) bond motifs is 2. The maximum absolute atomic E-state index is 12.8. The normalized spacial score (nSPS) is 11.2. The second kappa shape index (κ2) is 7.80. The number of aromatic nitrogens is 3. The predicted octanol–water partition coefficient (Wildman–Crippen LogP) is 6.55. The van der Waals surface area contributed by atoms with Crippen molar-refractivity contribution in [3.05, 3.63) is 93.4 Å². The molecular formula is C24H16BrClN4O. The summed E-state index contributed by atoms with van der Waals surface area (Å²) >= 11 is 9.58. The van der Waals surface area contributed by atoms with Crippen molar-refractivity contribution in [1.29, 1.82) is 0 Å². The van der Waals surface area contributed by atoms with E-state index in [-0.39, 0.29) is 5.91 Å². The van der Waals surface area contributed by atoms with Gasteiger partial charge < -0.3 is 5.32 Å². The predicted molar refractivity (Wildman–Crippen MR) is 128 cm³/mol. The summed E-state index contributed by atoms with van der Waals surface area (Å²) < 4.78 is 0.784. The molecule has 0 saturated heterocycles. The van der Waals surface area contributed by atoms with Crippen LogP contribution in [0.2, 0.25) is 5.02 Å². The molecule has 0 aliphatic rings. The lowest BCUT2D eigenvalue weighted by atomic mass is 10.1. The summed E-state index contributed by atoms with van der Waals surface area (Å²) in [4.78, 5) is 14.4. The van der Waals surface area contributed by atoms with Crippen molar-refractivity contribution in [3.8, 4) is 5.69 Å². The highest BCUT2D eigenvalue weighted by molar-refractivity contribution is 9.10. The standard InChI is InChI=1S/C24H16BrClN4O/c1-14-11-21-22(13-20(14)27-24(31)18-12-16(25)9-10-19(18)26)29-30(28-21)23-8-4-6-15-5-2-3-7-17(15)23/h2-13H,1H3,(H,27,31). The first-order valence-corrected chi connectivity index (χ1v) is 10.8. The van der Waals surface area contributed by atoms with Crippen LogP contribution in [0, 0.1) is 6.92 Å². The second-order valence-electron chi connectivity index (χ2n) is 7.22. The molecule has 31 heavy (non-hydrogen) atoms. The molecule has 5 aromatic rings. The number of aryl methyl sites for hydroxylation is 1. The number of carbonyl (C=O) groups is 1. The average Bonchev–Trinajstić information content (AvgIpc) is 3.17. The molecule has 0 aliphatic heterocycles. The molecule has 0 unspecified atom stereocenters. The summed E-state index contributed by atoms with van der Waals surface area (Å²) in [5.41, 5.74) is 4.29. The number of nitrogens with zero attached hydrogens (tertiary/aromatic N) is 3. The maximum atomic E-state index is 12.8. The Bertz CT molecular complexity index is 1470. The lowest BCUT2D eigenvalue weighted by molar-refractivity contribution is 0.102. The van der Waals surface area contributed by atoms with E-state index in [0.717, 1.165) is 32.0 Å². The molecular weight excluding hydrogens is 476 g/mol. The third-order valence-corrected chi connectivity index (χ3v) is 5.95. The highest BCUT2D eigenvalue weighted by atomic mass is 79.9. The van der Waals surface area contributed by atoms with E-state index in [2.05, 4.69) is 49.6 Å². The van der Waals surface area contributed by atoms with Gasteiger partial charge in [0, 0.05) is 15.5 Å². The van der Waals surface area contributed by atoms with Crippen molar-refractivity contribution in [2.75, 3.05) is 5.32 Å². The fourth-order valence-corrected chi connectivity index (χ4v) is 4.12. The van der Waals surface area contributed by atoms with Gasteiger partial charge in [0.15, 0.2) is 0 Å². The number of nitrogens with one attached hydrogen (secondary N) is 1. The van der Waals surface area contributed by atoms with E-state index in [9.17, 15) is 4.79 Å². The zero-order chi connectivity index (χ0) is 21.5. The van der Waals surface area contributed by atoms with Crippen molar-refractivity contribution >= 4 is 60.9 Å². The Labute approximate surface area is 191 Å². The van der Waals surface area contributed by atoms with Gasteiger partial charge in [-0.15, -0.1) is 15.0 Å². The quantitative estimate of drug-likeness (QED) is 0.311. The number of benzene rings is 4. The molecule has 0 saturated carbocycles. The number of carbonyl (C=O) groups excluding carboxylic acids is 1. The Hall–Kier alpha value is -3.22. The number of amides is 1. The van der Waals surface area contributed by atoms with Crippen LogP contribution in [0.25, 0.3) is 27.5 Å². The number of halogens is 2. The van der Waals surface area contributed by atoms with Gasteiger partial charge in [0.25, 0.3) is 5.91 Å². The minimum absolute atomic E-state index is 0.282. The third kappa shape index (κ3) is 3.69. The fourth-order valence-electron chi connectivity index (χ4n) is 3.55. The fraction of sp³-hybridized carbons (Fsp3) is 0.0417. The first-order chi connectivity index (χ1) is 15.0. The van der Waals surface area contributed by atoms with Gasteiger partial charge in [0.05, 0.1) is 16.3 Å². The van der Waals surface area contributed by atoms with Crippen molar-refractivity contribution in [1.82, 2.24) is 15.0 Å². The highest BCUT2D eigenvalue weighted by Crippen LogP contribution is 2.27. The van der Waals surface area contributed by atoms with Gasteiger partial charge in [0.2, 0.25) is 0 Å². The van der Waals surface area contributed by atoms with Crippen LogP contribution in [-0.2, 0) is 0 Å². The van der Waals surface area contributed by atoms with Crippen molar-refractivity contribution < 1.29 is 4.79 Å². The molecule has 1 amide bonds. The monoisotopic (exact) mass is 490 g/mol. The minimum atomic E-state index is -0.282. The maximum Gasteiger partial charge on any atom is 0.257 e. The van der Waals surface area contributed by atoms with Gasteiger partial charge in [0.1, 0.15) is 11.0 Å². The van der Waals surface area contributed by atoms with Gasteiger partial charge in [-0.2, -0.15) is 0 Å². The number of hydrogen-bond donors (Lipinski definition) is 1. The molecule has 1 heterocycles. The lowest BCUT2D eigenvalue weighted by Crippen LogP contribution is -2.13. The SMILES string of the molecule is Cc1cc2nn(-c3cccc4ccccc34)nc2cc1NC(=O)c1cc(Br)ccc1Cl. The van der Waals surface area contributed by atoms with Gasteiger partial charge in [-0.25, -0.2) is 0 Å². The number of hydrogen-bond acceptors (Lipinski definition) is 3. The van der Waals surface area contributed by atoms with Crippen LogP contribution < -0.4 is 5.32 Å².